The molecule has 1 atom stereocenters. The third-order valence-corrected chi connectivity index (χ3v) is 3.10. The first kappa shape index (κ1) is 13.0. The van der Waals surface area contributed by atoms with Crippen molar-refractivity contribution in [2.75, 3.05) is 19.6 Å². The Morgan fingerprint density at radius 2 is 2.33 bits per heavy atom. The quantitative estimate of drug-likeness (QED) is 0.738. The van der Waals surface area contributed by atoms with Crippen molar-refractivity contribution in [1.29, 1.82) is 0 Å². The number of hydrogen-bond acceptors (Lipinski definition) is 3. The average molecular weight is 252 g/mol. The molecule has 98 valence electrons. The van der Waals surface area contributed by atoms with Crippen molar-refractivity contribution < 1.29 is 14.3 Å². The van der Waals surface area contributed by atoms with E-state index in [0.29, 0.717) is 18.5 Å². The molecule has 1 heterocycles. The van der Waals surface area contributed by atoms with Crippen molar-refractivity contribution in [2.45, 2.75) is 18.9 Å². The van der Waals surface area contributed by atoms with Gasteiger partial charge < -0.3 is 15.7 Å². The van der Waals surface area contributed by atoms with Crippen LogP contribution in [-0.4, -0.2) is 36.2 Å². The van der Waals surface area contributed by atoms with Crippen LogP contribution in [0.25, 0.3) is 0 Å². The van der Waals surface area contributed by atoms with Gasteiger partial charge in [0.1, 0.15) is 5.82 Å². The monoisotopic (exact) mass is 252 g/mol. The maximum absolute atomic E-state index is 13.2. The molecule has 1 aliphatic heterocycles. The number of aryl methyl sites for hydroxylation is 1. The Morgan fingerprint density at radius 3 is 2.94 bits per heavy atom. The Balaban J connectivity index is 1.99. The Bertz CT molecular complexity index is 436. The van der Waals surface area contributed by atoms with Gasteiger partial charge in [-0.05, 0) is 43.7 Å². The number of benzene rings is 1. The summed E-state index contributed by atoms with van der Waals surface area (Å²) in [6.45, 7) is 3.11. The van der Waals surface area contributed by atoms with Gasteiger partial charge in [-0.3, -0.25) is 4.79 Å². The third-order valence-electron chi connectivity index (χ3n) is 3.10. The summed E-state index contributed by atoms with van der Waals surface area (Å²) < 4.78 is 13.2. The number of nitrogens with one attached hydrogen (secondary N) is 2. The molecule has 1 aromatic rings. The highest BCUT2D eigenvalue weighted by molar-refractivity contribution is 5.94. The van der Waals surface area contributed by atoms with E-state index < -0.39 is 11.4 Å². The van der Waals surface area contributed by atoms with E-state index in [0.717, 1.165) is 6.54 Å². The molecule has 0 bridgehead atoms. The zero-order chi connectivity index (χ0) is 13.2. The Morgan fingerprint density at radius 1 is 1.56 bits per heavy atom. The molecule has 2 rings (SSSR count). The fraction of sp³-hybridized carbons (Fsp3) is 0.462. The normalized spacial score (nSPS) is 23.1. The van der Waals surface area contributed by atoms with Gasteiger partial charge in [-0.15, -0.1) is 0 Å². The van der Waals surface area contributed by atoms with E-state index >= 15 is 0 Å². The smallest absolute Gasteiger partial charge is 0.251 e. The molecule has 1 aliphatic rings. The van der Waals surface area contributed by atoms with Crippen LogP contribution in [0, 0.1) is 12.7 Å². The molecule has 1 amide bonds. The molecule has 0 saturated carbocycles. The van der Waals surface area contributed by atoms with E-state index in [4.69, 9.17) is 0 Å². The standard InChI is InChI=1S/C13H17FN2O2/c1-9-4-10(6-11(14)5-9)12(17)16-8-13(18)2-3-15-7-13/h4-6,15,18H,2-3,7-8H2,1H3,(H,16,17). The highest BCUT2D eigenvalue weighted by Gasteiger charge is 2.31. The average Bonchev–Trinajstić information content (AvgIpc) is 2.72. The highest BCUT2D eigenvalue weighted by atomic mass is 19.1. The molecule has 18 heavy (non-hydrogen) atoms. The Kier molecular flexibility index (Phi) is 3.63. The number of β-amino-alcohol motifs (C(OH)–C–C–N with tert-alkyl or cyclic N) is 1. The molecule has 0 radical (unpaired) electrons. The first-order valence-electron chi connectivity index (χ1n) is 5.97. The van der Waals surface area contributed by atoms with Crippen LogP contribution >= 0.6 is 0 Å². The molecule has 5 heteroatoms. The van der Waals surface area contributed by atoms with Crippen LogP contribution < -0.4 is 10.6 Å². The second-order valence-corrected chi connectivity index (χ2v) is 4.85. The number of hydrogen-bond donors (Lipinski definition) is 3. The molecule has 1 fully saturated rings. The predicted octanol–water partition coefficient (Wildman–Crippen LogP) is 0.588. The number of carbonyl (C=O) groups excluding carboxylic acids is 1. The fourth-order valence-electron chi connectivity index (χ4n) is 2.10. The van der Waals surface area contributed by atoms with Crippen LogP contribution in [0.15, 0.2) is 18.2 Å². The summed E-state index contributed by atoms with van der Waals surface area (Å²) in [6, 6.07) is 4.18. The zero-order valence-corrected chi connectivity index (χ0v) is 10.3. The van der Waals surface area contributed by atoms with Crippen molar-refractivity contribution >= 4 is 5.91 Å². The summed E-state index contributed by atoms with van der Waals surface area (Å²) in [6.07, 6.45) is 0.607. The minimum absolute atomic E-state index is 0.175. The van der Waals surface area contributed by atoms with Crippen LogP contribution in [0.3, 0.4) is 0 Å². The molecule has 0 aliphatic carbocycles. The summed E-state index contributed by atoms with van der Waals surface area (Å²) in [7, 11) is 0. The van der Waals surface area contributed by atoms with Crippen molar-refractivity contribution in [1.82, 2.24) is 10.6 Å². The Labute approximate surface area is 105 Å². The molecular weight excluding hydrogens is 235 g/mol. The first-order chi connectivity index (χ1) is 8.48. The molecule has 0 spiro atoms. The molecular formula is C13H17FN2O2. The van der Waals surface area contributed by atoms with E-state index in [1.165, 1.54) is 12.1 Å². The van der Waals surface area contributed by atoms with Crippen molar-refractivity contribution in [3.05, 3.63) is 35.1 Å². The number of halogens is 1. The van der Waals surface area contributed by atoms with Gasteiger partial charge in [-0.2, -0.15) is 0 Å². The Hall–Kier alpha value is -1.46. The van der Waals surface area contributed by atoms with Crippen LogP contribution in [0.1, 0.15) is 22.3 Å². The largest absolute Gasteiger partial charge is 0.387 e. The maximum Gasteiger partial charge on any atom is 0.251 e. The van der Waals surface area contributed by atoms with Gasteiger partial charge in [0.05, 0.1) is 5.60 Å². The molecule has 1 aromatic carbocycles. The van der Waals surface area contributed by atoms with Gasteiger partial charge in [0, 0.05) is 18.7 Å². The molecule has 1 unspecified atom stereocenters. The maximum atomic E-state index is 13.2. The fourth-order valence-corrected chi connectivity index (χ4v) is 2.10. The van der Waals surface area contributed by atoms with Crippen LogP contribution in [0.4, 0.5) is 4.39 Å². The lowest BCUT2D eigenvalue weighted by molar-refractivity contribution is 0.0562. The second-order valence-electron chi connectivity index (χ2n) is 4.85. The van der Waals surface area contributed by atoms with Crippen LogP contribution in [0.2, 0.25) is 0 Å². The molecule has 3 N–H and O–H groups in total. The number of amides is 1. The lowest BCUT2D eigenvalue weighted by Gasteiger charge is -2.21. The van der Waals surface area contributed by atoms with Gasteiger partial charge in [0.25, 0.3) is 5.91 Å². The highest BCUT2D eigenvalue weighted by Crippen LogP contribution is 2.13. The summed E-state index contributed by atoms with van der Waals surface area (Å²) in [5.41, 5.74) is 0.0846. The summed E-state index contributed by atoms with van der Waals surface area (Å²) in [5, 5.41) is 15.7. The molecule has 1 saturated heterocycles. The topological polar surface area (TPSA) is 61.4 Å². The minimum Gasteiger partial charge on any atom is -0.387 e. The molecule has 0 aromatic heterocycles. The molecule has 4 nitrogen and oxygen atoms in total. The van der Waals surface area contributed by atoms with E-state index in [9.17, 15) is 14.3 Å². The van der Waals surface area contributed by atoms with Gasteiger partial charge >= 0.3 is 0 Å². The van der Waals surface area contributed by atoms with E-state index in [1.807, 2.05) is 0 Å². The second kappa shape index (κ2) is 5.04. The van der Waals surface area contributed by atoms with Crippen molar-refractivity contribution in [3.63, 3.8) is 0 Å². The number of aliphatic hydroxyl groups is 1. The SMILES string of the molecule is Cc1cc(F)cc(C(=O)NCC2(O)CCNC2)c1. The summed E-state index contributed by atoms with van der Waals surface area (Å²) >= 11 is 0. The van der Waals surface area contributed by atoms with Crippen LogP contribution in [0.5, 0.6) is 0 Å². The van der Waals surface area contributed by atoms with E-state index in [-0.39, 0.29) is 18.0 Å². The van der Waals surface area contributed by atoms with Gasteiger partial charge in [-0.1, -0.05) is 0 Å². The number of rotatable bonds is 3. The summed E-state index contributed by atoms with van der Waals surface area (Å²) in [4.78, 5) is 11.8. The lowest BCUT2D eigenvalue weighted by Crippen LogP contribution is -2.44. The van der Waals surface area contributed by atoms with E-state index in [1.54, 1.807) is 13.0 Å². The third kappa shape index (κ3) is 3.05. The van der Waals surface area contributed by atoms with E-state index in [2.05, 4.69) is 10.6 Å². The zero-order valence-electron chi connectivity index (χ0n) is 10.3. The first-order valence-corrected chi connectivity index (χ1v) is 5.97. The van der Waals surface area contributed by atoms with Gasteiger partial charge in [0.15, 0.2) is 0 Å². The van der Waals surface area contributed by atoms with Crippen molar-refractivity contribution in [2.24, 2.45) is 0 Å². The lowest BCUT2D eigenvalue weighted by atomic mass is 10.0. The minimum atomic E-state index is -0.891. The number of carbonyl (C=O) groups is 1. The van der Waals surface area contributed by atoms with Crippen molar-refractivity contribution in [3.8, 4) is 0 Å². The predicted molar refractivity (Wildman–Crippen MR) is 65.9 cm³/mol. The summed E-state index contributed by atoms with van der Waals surface area (Å²) in [5.74, 6) is -0.792. The van der Waals surface area contributed by atoms with Crippen LogP contribution in [-0.2, 0) is 0 Å². The van der Waals surface area contributed by atoms with Gasteiger partial charge in [0.2, 0.25) is 0 Å². The van der Waals surface area contributed by atoms with Gasteiger partial charge in [-0.25, -0.2) is 4.39 Å².